The molecule has 1 aliphatic rings. The van der Waals surface area contributed by atoms with Gasteiger partial charge in [-0.2, -0.15) is 0 Å². The van der Waals surface area contributed by atoms with Crippen molar-refractivity contribution in [2.24, 2.45) is 0 Å². The molecule has 0 radical (unpaired) electrons. The van der Waals surface area contributed by atoms with E-state index < -0.39 is 27.6 Å². The summed E-state index contributed by atoms with van der Waals surface area (Å²) in [7, 11) is -3.10. The molecule has 104 valence electrons. The average Bonchev–Trinajstić information content (AvgIpc) is 2.27. The molecule has 1 saturated heterocycles. The summed E-state index contributed by atoms with van der Waals surface area (Å²) in [5.41, 5.74) is -0.0922. The van der Waals surface area contributed by atoms with Gasteiger partial charge in [0.15, 0.2) is 9.84 Å². The highest BCUT2D eigenvalue weighted by Crippen LogP contribution is 2.20. The van der Waals surface area contributed by atoms with E-state index in [2.05, 4.69) is 21.2 Å². The lowest BCUT2D eigenvalue weighted by molar-refractivity contribution is 0.0933. The van der Waals surface area contributed by atoms with Crippen LogP contribution in [0.1, 0.15) is 23.2 Å². The molecule has 1 aliphatic heterocycles. The molecular formula is C12H13BrFNO3S. The fourth-order valence-corrected chi connectivity index (χ4v) is 4.27. The Kier molecular flexibility index (Phi) is 4.25. The van der Waals surface area contributed by atoms with Crippen molar-refractivity contribution in [2.75, 3.05) is 11.5 Å². The van der Waals surface area contributed by atoms with Crippen LogP contribution < -0.4 is 5.32 Å². The molecule has 7 heteroatoms. The van der Waals surface area contributed by atoms with Crippen molar-refractivity contribution >= 4 is 31.7 Å². The molecule has 0 spiro atoms. The third-order valence-electron chi connectivity index (χ3n) is 2.99. The summed E-state index contributed by atoms with van der Waals surface area (Å²) in [6.45, 7) is 0. The minimum Gasteiger partial charge on any atom is -0.348 e. The van der Waals surface area contributed by atoms with Crippen LogP contribution in [0.3, 0.4) is 0 Å². The van der Waals surface area contributed by atoms with Gasteiger partial charge < -0.3 is 5.32 Å². The van der Waals surface area contributed by atoms with Gasteiger partial charge in [-0.1, -0.05) is 6.07 Å². The second kappa shape index (κ2) is 5.58. The Labute approximate surface area is 119 Å². The fraction of sp³-hybridized carbons (Fsp3) is 0.417. The lowest BCUT2D eigenvalue weighted by atomic mass is 10.1. The number of amides is 1. The van der Waals surface area contributed by atoms with Gasteiger partial charge in [0.25, 0.3) is 5.91 Å². The van der Waals surface area contributed by atoms with Gasteiger partial charge in [0.2, 0.25) is 0 Å². The van der Waals surface area contributed by atoms with Crippen LogP contribution in [-0.4, -0.2) is 31.9 Å². The quantitative estimate of drug-likeness (QED) is 0.886. The molecular weight excluding hydrogens is 337 g/mol. The first-order valence-corrected chi connectivity index (χ1v) is 8.46. The standard InChI is InChI=1S/C12H13BrFNO3S/c13-9-4-1-5-10(14)11(9)12(16)15-8-3-2-6-19(17,18)7-8/h1,4-5,8H,2-3,6-7H2,(H,15,16). The molecule has 0 aromatic heterocycles. The van der Waals surface area contributed by atoms with E-state index in [1.54, 1.807) is 6.07 Å². The van der Waals surface area contributed by atoms with Gasteiger partial charge in [0.05, 0.1) is 17.1 Å². The Morgan fingerprint density at radius 2 is 2.16 bits per heavy atom. The number of hydrogen-bond acceptors (Lipinski definition) is 3. The van der Waals surface area contributed by atoms with Crippen LogP contribution in [0.15, 0.2) is 22.7 Å². The van der Waals surface area contributed by atoms with Gasteiger partial charge in [-0.25, -0.2) is 12.8 Å². The van der Waals surface area contributed by atoms with Gasteiger partial charge in [-0.15, -0.1) is 0 Å². The minimum absolute atomic E-state index is 0.0786. The van der Waals surface area contributed by atoms with Crippen molar-refractivity contribution in [3.8, 4) is 0 Å². The van der Waals surface area contributed by atoms with E-state index in [-0.39, 0.29) is 17.1 Å². The molecule has 1 atom stereocenters. The summed E-state index contributed by atoms with van der Waals surface area (Å²) in [5.74, 6) is -1.15. The largest absolute Gasteiger partial charge is 0.348 e. The van der Waals surface area contributed by atoms with Crippen molar-refractivity contribution in [1.82, 2.24) is 5.32 Å². The molecule has 0 aliphatic carbocycles. The zero-order chi connectivity index (χ0) is 14.0. The third-order valence-corrected chi connectivity index (χ3v) is 5.47. The summed E-state index contributed by atoms with van der Waals surface area (Å²) in [5, 5.41) is 2.58. The van der Waals surface area contributed by atoms with Gasteiger partial charge >= 0.3 is 0 Å². The average molecular weight is 350 g/mol. The number of carbonyl (C=O) groups is 1. The van der Waals surface area contributed by atoms with E-state index >= 15 is 0 Å². The van der Waals surface area contributed by atoms with Gasteiger partial charge in [-0.3, -0.25) is 4.79 Å². The highest BCUT2D eigenvalue weighted by atomic mass is 79.9. The van der Waals surface area contributed by atoms with Gasteiger partial charge in [-0.05, 0) is 40.9 Å². The number of hydrogen-bond donors (Lipinski definition) is 1. The van der Waals surface area contributed by atoms with Crippen LogP contribution in [0.4, 0.5) is 4.39 Å². The van der Waals surface area contributed by atoms with E-state index in [1.165, 1.54) is 12.1 Å². The summed E-state index contributed by atoms with van der Waals surface area (Å²) in [6.07, 6.45) is 1.11. The molecule has 1 amide bonds. The Balaban J connectivity index is 2.13. The smallest absolute Gasteiger partial charge is 0.255 e. The van der Waals surface area contributed by atoms with Crippen molar-refractivity contribution in [3.05, 3.63) is 34.1 Å². The van der Waals surface area contributed by atoms with Crippen LogP contribution in [0.5, 0.6) is 0 Å². The van der Waals surface area contributed by atoms with Gasteiger partial charge in [0, 0.05) is 10.5 Å². The summed E-state index contributed by atoms with van der Waals surface area (Å²) >= 11 is 3.12. The maximum absolute atomic E-state index is 13.6. The van der Waals surface area contributed by atoms with E-state index in [4.69, 9.17) is 0 Å². The maximum atomic E-state index is 13.6. The van der Waals surface area contributed by atoms with Crippen LogP contribution in [0.2, 0.25) is 0 Å². The van der Waals surface area contributed by atoms with Crippen LogP contribution in [-0.2, 0) is 9.84 Å². The molecule has 1 fully saturated rings. The number of benzene rings is 1. The molecule has 0 saturated carbocycles. The molecule has 2 rings (SSSR count). The fourth-order valence-electron chi connectivity index (χ4n) is 2.11. The molecule has 1 aromatic rings. The van der Waals surface area contributed by atoms with Crippen LogP contribution >= 0.6 is 15.9 Å². The second-order valence-electron chi connectivity index (χ2n) is 4.52. The lowest BCUT2D eigenvalue weighted by Crippen LogP contribution is -2.43. The highest BCUT2D eigenvalue weighted by molar-refractivity contribution is 9.10. The highest BCUT2D eigenvalue weighted by Gasteiger charge is 2.27. The monoisotopic (exact) mass is 349 g/mol. The lowest BCUT2D eigenvalue weighted by Gasteiger charge is -2.23. The normalized spacial score (nSPS) is 21.9. The second-order valence-corrected chi connectivity index (χ2v) is 7.61. The Morgan fingerprint density at radius 1 is 1.42 bits per heavy atom. The Bertz CT molecular complexity index is 583. The number of rotatable bonds is 2. The zero-order valence-electron chi connectivity index (χ0n) is 10.0. The molecule has 1 N–H and O–H groups in total. The first-order chi connectivity index (χ1) is 8.89. The number of halogens is 2. The van der Waals surface area contributed by atoms with Crippen molar-refractivity contribution in [1.29, 1.82) is 0 Å². The minimum atomic E-state index is -3.10. The predicted octanol–water partition coefficient (Wildman–Crippen LogP) is 1.90. The predicted molar refractivity (Wildman–Crippen MR) is 73.2 cm³/mol. The number of carbonyl (C=O) groups excluding carboxylic acids is 1. The zero-order valence-corrected chi connectivity index (χ0v) is 12.4. The molecule has 4 nitrogen and oxygen atoms in total. The summed E-state index contributed by atoms with van der Waals surface area (Å²) in [4.78, 5) is 12.0. The molecule has 1 unspecified atom stereocenters. The Hall–Kier alpha value is -0.950. The SMILES string of the molecule is O=C(NC1CCCS(=O)(=O)C1)c1c(F)cccc1Br. The van der Waals surface area contributed by atoms with E-state index in [9.17, 15) is 17.6 Å². The van der Waals surface area contributed by atoms with Crippen molar-refractivity contribution in [2.45, 2.75) is 18.9 Å². The van der Waals surface area contributed by atoms with Crippen molar-refractivity contribution in [3.63, 3.8) is 0 Å². The van der Waals surface area contributed by atoms with Crippen molar-refractivity contribution < 1.29 is 17.6 Å². The molecule has 1 heterocycles. The third kappa shape index (κ3) is 3.54. The van der Waals surface area contributed by atoms with Crippen LogP contribution in [0, 0.1) is 5.82 Å². The first-order valence-electron chi connectivity index (χ1n) is 5.84. The van der Waals surface area contributed by atoms with E-state index in [0.29, 0.717) is 17.3 Å². The Morgan fingerprint density at radius 3 is 2.79 bits per heavy atom. The molecule has 0 bridgehead atoms. The van der Waals surface area contributed by atoms with E-state index in [1.807, 2.05) is 0 Å². The number of nitrogens with one attached hydrogen (secondary N) is 1. The number of sulfone groups is 1. The molecule has 1 aromatic carbocycles. The van der Waals surface area contributed by atoms with Crippen LogP contribution in [0.25, 0.3) is 0 Å². The summed E-state index contributed by atoms with van der Waals surface area (Å²) in [6, 6.07) is 3.80. The maximum Gasteiger partial charge on any atom is 0.255 e. The summed E-state index contributed by atoms with van der Waals surface area (Å²) < 4.78 is 36.9. The van der Waals surface area contributed by atoms with E-state index in [0.717, 1.165) is 0 Å². The topological polar surface area (TPSA) is 63.2 Å². The molecule has 19 heavy (non-hydrogen) atoms. The first kappa shape index (κ1) is 14.5. The van der Waals surface area contributed by atoms with Gasteiger partial charge in [0.1, 0.15) is 5.82 Å².